The summed E-state index contributed by atoms with van der Waals surface area (Å²) >= 11 is 0. The Morgan fingerprint density at radius 2 is 1.50 bits per heavy atom. The van der Waals surface area contributed by atoms with Crippen molar-refractivity contribution in [1.82, 2.24) is 0 Å². The third-order valence-corrected chi connectivity index (χ3v) is 7.95. The van der Waals surface area contributed by atoms with Crippen LogP contribution in [-0.4, -0.2) is 40.6 Å². The molecule has 5 unspecified atom stereocenters. The second-order valence-corrected chi connectivity index (χ2v) is 9.73. The van der Waals surface area contributed by atoms with Gasteiger partial charge in [0.25, 0.3) is 0 Å². The van der Waals surface area contributed by atoms with E-state index in [1.54, 1.807) is 7.11 Å². The van der Waals surface area contributed by atoms with E-state index in [4.69, 9.17) is 14.2 Å². The average Bonchev–Trinajstić information content (AvgIpc) is 2.73. The molecule has 0 aliphatic heterocycles. The SMILES string of the molecule is COCCCOCC1CCC2CC(C3CCC(COC)CC3)C(C#N)CC2C1. The summed E-state index contributed by atoms with van der Waals surface area (Å²) in [4.78, 5) is 0. The predicted molar refractivity (Wildman–Crippen MR) is 111 cm³/mol. The second kappa shape index (κ2) is 11.5. The first kappa shape index (κ1) is 22.1. The van der Waals surface area contributed by atoms with Crippen molar-refractivity contribution in [2.75, 3.05) is 40.6 Å². The van der Waals surface area contributed by atoms with Gasteiger partial charge >= 0.3 is 0 Å². The first-order valence-corrected chi connectivity index (χ1v) is 11.7. The van der Waals surface area contributed by atoms with Crippen molar-refractivity contribution >= 4 is 0 Å². The molecule has 0 bridgehead atoms. The largest absolute Gasteiger partial charge is 0.385 e. The van der Waals surface area contributed by atoms with Crippen LogP contribution in [0.2, 0.25) is 0 Å². The molecule has 3 saturated carbocycles. The van der Waals surface area contributed by atoms with E-state index in [0.717, 1.165) is 62.9 Å². The lowest BCUT2D eigenvalue weighted by molar-refractivity contribution is 0.00463. The molecule has 0 N–H and O–H groups in total. The van der Waals surface area contributed by atoms with Crippen molar-refractivity contribution in [3.05, 3.63) is 0 Å². The molecule has 0 saturated heterocycles. The summed E-state index contributed by atoms with van der Waals surface area (Å²) in [5, 5.41) is 9.90. The maximum atomic E-state index is 9.90. The van der Waals surface area contributed by atoms with Gasteiger partial charge in [-0.2, -0.15) is 5.26 Å². The highest BCUT2D eigenvalue weighted by Crippen LogP contribution is 2.51. The van der Waals surface area contributed by atoms with Crippen molar-refractivity contribution in [2.45, 2.75) is 64.2 Å². The number of fused-ring (bicyclic) bond motifs is 1. The van der Waals surface area contributed by atoms with Gasteiger partial charge in [0.15, 0.2) is 0 Å². The molecule has 0 spiro atoms. The maximum absolute atomic E-state index is 9.90. The summed E-state index contributed by atoms with van der Waals surface area (Å²) in [6.45, 7) is 3.41. The molecule has 0 aromatic heterocycles. The van der Waals surface area contributed by atoms with Crippen LogP contribution in [0, 0.1) is 52.8 Å². The molecule has 0 aromatic carbocycles. The number of hydrogen-bond acceptors (Lipinski definition) is 4. The molecule has 5 atom stereocenters. The first-order chi connectivity index (χ1) is 13.7. The molecule has 4 heteroatoms. The van der Waals surface area contributed by atoms with Crippen molar-refractivity contribution in [2.24, 2.45) is 41.4 Å². The van der Waals surface area contributed by atoms with E-state index in [-0.39, 0.29) is 5.92 Å². The molecular weight excluding hydrogens is 350 g/mol. The van der Waals surface area contributed by atoms with E-state index in [2.05, 4.69) is 6.07 Å². The van der Waals surface area contributed by atoms with Crippen LogP contribution in [0.3, 0.4) is 0 Å². The molecule has 3 aliphatic rings. The summed E-state index contributed by atoms with van der Waals surface area (Å²) < 4.78 is 16.4. The fourth-order valence-corrected chi connectivity index (χ4v) is 6.43. The topological polar surface area (TPSA) is 51.5 Å². The molecular formula is C24H41NO3. The molecule has 0 radical (unpaired) electrons. The van der Waals surface area contributed by atoms with Crippen LogP contribution >= 0.6 is 0 Å². The number of nitrogens with zero attached hydrogens (tertiary/aromatic N) is 1. The number of rotatable bonds is 9. The lowest BCUT2D eigenvalue weighted by Crippen LogP contribution is -2.40. The van der Waals surface area contributed by atoms with Gasteiger partial charge in [-0.1, -0.05) is 0 Å². The third-order valence-electron chi connectivity index (χ3n) is 7.95. The summed E-state index contributed by atoms with van der Waals surface area (Å²) in [5.41, 5.74) is 0. The molecule has 3 aliphatic carbocycles. The van der Waals surface area contributed by atoms with Gasteiger partial charge in [0, 0.05) is 46.6 Å². The van der Waals surface area contributed by atoms with Crippen LogP contribution in [0.1, 0.15) is 64.2 Å². The Morgan fingerprint density at radius 1 is 0.750 bits per heavy atom. The Morgan fingerprint density at radius 3 is 2.21 bits per heavy atom. The van der Waals surface area contributed by atoms with Gasteiger partial charge in [-0.25, -0.2) is 0 Å². The highest BCUT2D eigenvalue weighted by molar-refractivity contribution is 5.00. The maximum Gasteiger partial charge on any atom is 0.0658 e. The van der Waals surface area contributed by atoms with Gasteiger partial charge in [0.2, 0.25) is 0 Å². The highest BCUT2D eigenvalue weighted by Gasteiger charge is 2.43. The molecule has 0 heterocycles. The van der Waals surface area contributed by atoms with E-state index in [0.29, 0.717) is 11.8 Å². The van der Waals surface area contributed by atoms with Gasteiger partial charge in [0.05, 0.1) is 6.07 Å². The van der Waals surface area contributed by atoms with E-state index < -0.39 is 0 Å². The number of methoxy groups -OCH3 is 2. The smallest absolute Gasteiger partial charge is 0.0658 e. The monoisotopic (exact) mass is 391 g/mol. The third kappa shape index (κ3) is 5.94. The van der Waals surface area contributed by atoms with E-state index in [1.165, 1.54) is 51.4 Å². The minimum Gasteiger partial charge on any atom is -0.385 e. The Hall–Kier alpha value is -0.630. The minimum atomic E-state index is 0.284. The molecule has 160 valence electrons. The average molecular weight is 392 g/mol. The second-order valence-electron chi connectivity index (χ2n) is 9.73. The summed E-state index contributed by atoms with van der Waals surface area (Å²) in [5.74, 6) is 4.77. The summed E-state index contributed by atoms with van der Waals surface area (Å²) in [7, 11) is 3.56. The summed E-state index contributed by atoms with van der Waals surface area (Å²) in [6, 6.07) is 2.73. The van der Waals surface area contributed by atoms with Crippen molar-refractivity contribution in [3.8, 4) is 6.07 Å². The number of ether oxygens (including phenoxy) is 3. The zero-order valence-electron chi connectivity index (χ0n) is 18.1. The van der Waals surface area contributed by atoms with Crippen LogP contribution in [0.15, 0.2) is 0 Å². The standard InChI is InChI=1S/C24H41NO3/c1-26-10-3-11-28-17-19-6-9-21-14-24(23(15-25)13-22(21)12-19)20-7-4-18(5-8-20)16-27-2/h18-24H,3-14,16-17H2,1-2H3. The molecule has 4 nitrogen and oxygen atoms in total. The van der Waals surface area contributed by atoms with Crippen LogP contribution in [0.4, 0.5) is 0 Å². The number of nitriles is 1. The van der Waals surface area contributed by atoms with Gasteiger partial charge in [0.1, 0.15) is 0 Å². The highest BCUT2D eigenvalue weighted by atomic mass is 16.5. The van der Waals surface area contributed by atoms with Gasteiger partial charge in [-0.15, -0.1) is 0 Å². The van der Waals surface area contributed by atoms with Crippen LogP contribution in [0.25, 0.3) is 0 Å². The van der Waals surface area contributed by atoms with Crippen molar-refractivity contribution in [3.63, 3.8) is 0 Å². The Kier molecular flexibility index (Phi) is 9.08. The van der Waals surface area contributed by atoms with Gasteiger partial charge in [-0.05, 0) is 99.7 Å². The van der Waals surface area contributed by atoms with E-state index in [1.807, 2.05) is 7.11 Å². The predicted octanol–water partition coefficient (Wildman–Crippen LogP) is 5.07. The zero-order valence-corrected chi connectivity index (χ0v) is 18.1. The first-order valence-electron chi connectivity index (χ1n) is 11.7. The van der Waals surface area contributed by atoms with Crippen LogP contribution in [-0.2, 0) is 14.2 Å². The number of hydrogen-bond donors (Lipinski definition) is 0. The zero-order chi connectivity index (χ0) is 19.8. The van der Waals surface area contributed by atoms with E-state index >= 15 is 0 Å². The molecule has 28 heavy (non-hydrogen) atoms. The normalized spacial score (nSPS) is 38.5. The lowest BCUT2D eigenvalue weighted by Gasteiger charge is -2.47. The molecule has 3 rings (SSSR count). The van der Waals surface area contributed by atoms with Crippen molar-refractivity contribution in [1.29, 1.82) is 5.26 Å². The minimum absolute atomic E-state index is 0.284. The Balaban J connectivity index is 1.46. The fraction of sp³-hybridized carbons (Fsp3) is 0.958. The lowest BCUT2D eigenvalue weighted by atomic mass is 9.57. The van der Waals surface area contributed by atoms with Crippen LogP contribution in [0.5, 0.6) is 0 Å². The quantitative estimate of drug-likeness (QED) is 0.515. The van der Waals surface area contributed by atoms with Gasteiger partial charge in [-0.3, -0.25) is 0 Å². The van der Waals surface area contributed by atoms with E-state index in [9.17, 15) is 5.26 Å². The Bertz CT molecular complexity index is 483. The van der Waals surface area contributed by atoms with Gasteiger partial charge < -0.3 is 14.2 Å². The molecule has 3 fully saturated rings. The van der Waals surface area contributed by atoms with Crippen LogP contribution < -0.4 is 0 Å². The van der Waals surface area contributed by atoms with Crippen molar-refractivity contribution < 1.29 is 14.2 Å². The Labute approximate surface area is 172 Å². The summed E-state index contributed by atoms with van der Waals surface area (Å²) in [6.07, 6.45) is 12.6. The molecule has 0 aromatic rings. The molecule has 0 amide bonds. The fourth-order valence-electron chi connectivity index (χ4n) is 6.43.